The number of hydrogen-bond donors (Lipinski definition) is 0. The number of hydrogen-bond acceptors (Lipinski definition) is 5. The molecule has 1 aromatic carbocycles. The van der Waals surface area contributed by atoms with Gasteiger partial charge in [-0.2, -0.15) is 11.8 Å². The average molecular weight is 278 g/mol. The van der Waals surface area contributed by atoms with E-state index in [0.717, 1.165) is 40.3 Å². The van der Waals surface area contributed by atoms with Crippen LogP contribution < -0.4 is 9.47 Å². The van der Waals surface area contributed by atoms with Crippen LogP contribution in [0.4, 0.5) is 0 Å². The van der Waals surface area contributed by atoms with Gasteiger partial charge in [-0.25, -0.2) is 9.97 Å². The van der Waals surface area contributed by atoms with Gasteiger partial charge in [0.1, 0.15) is 6.33 Å². The second-order valence-corrected chi connectivity index (χ2v) is 5.38. The molecule has 1 heterocycles. The van der Waals surface area contributed by atoms with E-state index >= 15 is 0 Å². The molecule has 5 heteroatoms. The molecular weight excluding hydrogens is 260 g/mol. The molecule has 0 spiro atoms. The molecule has 0 unspecified atom stereocenters. The van der Waals surface area contributed by atoms with Crippen molar-refractivity contribution in [2.45, 2.75) is 13.3 Å². The van der Waals surface area contributed by atoms with Crippen LogP contribution in [0.25, 0.3) is 10.9 Å². The number of benzene rings is 1. The van der Waals surface area contributed by atoms with E-state index in [1.165, 1.54) is 6.33 Å². The lowest BCUT2D eigenvalue weighted by Gasteiger charge is -2.11. The van der Waals surface area contributed by atoms with Crippen molar-refractivity contribution in [1.29, 1.82) is 0 Å². The van der Waals surface area contributed by atoms with Crippen LogP contribution in [0, 0.1) is 0 Å². The average Bonchev–Trinajstić information content (AvgIpc) is 2.46. The standard InChI is InChI=1S/C14H18N2O2S/c1-3-19-6-4-5-18-14-8-12-11(7-13(14)17-2)9-15-10-16-12/h7-10H,3-6H2,1-2H3. The van der Waals surface area contributed by atoms with Gasteiger partial charge in [-0.3, -0.25) is 0 Å². The molecule has 0 aliphatic carbocycles. The van der Waals surface area contributed by atoms with Gasteiger partial charge >= 0.3 is 0 Å². The lowest BCUT2D eigenvalue weighted by atomic mass is 10.2. The van der Waals surface area contributed by atoms with Crippen molar-refractivity contribution >= 4 is 22.7 Å². The molecule has 102 valence electrons. The molecule has 0 radical (unpaired) electrons. The number of ether oxygens (including phenoxy) is 2. The van der Waals surface area contributed by atoms with Gasteiger partial charge < -0.3 is 9.47 Å². The maximum atomic E-state index is 5.78. The highest BCUT2D eigenvalue weighted by Gasteiger charge is 2.07. The van der Waals surface area contributed by atoms with Crippen LogP contribution in [-0.4, -0.2) is 35.2 Å². The van der Waals surface area contributed by atoms with Crippen molar-refractivity contribution in [3.05, 3.63) is 24.7 Å². The highest BCUT2D eigenvalue weighted by atomic mass is 32.2. The summed E-state index contributed by atoms with van der Waals surface area (Å²) < 4.78 is 11.1. The summed E-state index contributed by atoms with van der Waals surface area (Å²) in [7, 11) is 1.64. The molecule has 1 aromatic heterocycles. The van der Waals surface area contributed by atoms with E-state index in [9.17, 15) is 0 Å². The van der Waals surface area contributed by atoms with Gasteiger partial charge in [0.05, 0.1) is 19.2 Å². The second-order valence-electron chi connectivity index (χ2n) is 3.98. The van der Waals surface area contributed by atoms with E-state index in [0.29, 0.717) is 6.61 Å². The van der Waals surface area contributed by atoms with Crippen LogP contribution in [0.3, 0.4) is 0 Å². The van der Waals surface area contributed by atoms with E-state index < -0.39 is 0 Å². The molecule has 19 heavy (non-hydrogen) atoms. The number of fused-ring (bicyclic) bond motifs is 1. The fourth-order valence-corrected chi connectivity index (χ4v) is 2.36. The van der Waals surface area contributed by atoms with Crippen LogP contribution >= 0.6 is 11.8 Å². The van der Waals surface area contributed by atoms with Crippen LogP contribution in [0.15, 0.2) is 24.7 Å². The molecule has 0 aliphatic rings. The summed E-state index contributed by atoms with van der Waals surface area (Å²) in [5, 5.41) is 0.952. The zero-order valence-electron chi connectivity index (χ0n) is 11.3. The van der Waals surface area contributed by atoms with Crippen LogP contribution in [0.5, 0.6) is 11.5 Å². The van der Waals surface area contributed by atoms with Crippen LogP contribution in [0.2, 0.25) is 0 Å². The molecule has 0 N–H and O–H groups in total. The third-order valence-corrected chi connectivity index (χ3v) is 3.67. The molecule has 0 amide bonds. The van der Waals surface area contributed by atoms with Crippen molar-refractivity contribution < 1.29 is 9.47 Å². The fraction of sp³-hybridized carbons (Fsp3) is 0.429. The Morgan fingerprint density at radius 2 is 2.16 bits per heavy atom. The minimum Gasteiger partial charge on any atom is -0.493 e. The first-order chi connectivity index (χ1) is 9.35. The van der Waals surface area contributed by atoms with Gasteiger partial charge in [0.25, 0.3) is 0 Å². The summed E-state index contributed by atoms with van der Waals surface area (Å²) in [6.07, 6.45) is 4.34. The Balaban J connectivity index is 2.08. The van der Waals surface area contributed by atoms with E-state index in [2.05, 4.69) is 16.9 Å². The Labute approximate surface area is 117 Å². The van der Waals surface area contributed by atoms with Crippen molar-refractivity contribution in [2.24, 2.45) is 0 Å². The Morgan fingerprint density at radius 1 is 1.26 bits per heavy atom. The number of nitrogens with zero attached hydrogens (tertiary/aromatic N) is 2. The zero-order chi connectivity index (χ0) is 13.5. The van der Waals surface area contributed by atoms with E-state index in [1.54, 1.807) is 13.3 Å². The smallest absolute Gasteiger partial charge is 0.163 e. The molecule has 2 rings (SSSR count). The van der Waals surface area contributed by atoms with E-state index in [-0.39, 0.29) is 0 Å². The molecule has 4 nitrogen and oxygen atoms in total. The predicted octanol–water partition coefficient (Wildman–Crippen LogP) is 3.16. The topological polar surface area (TPSA) is 44.2 Å². The highest BCUT2D eigenvalue weighted by molar-refractivity contribution is 7.99. The SMILES string of the molecule is CCSCCCOc1cc2ncncc2cc1OC. The summed E-state index contributed by atoms with van der Waals surface area (Å²) in [5.41, 5.74) is 0.869. The Bertz CT molecular complexity index is 534. The first-order valence-corrected chi connectivity index (χ1v) is 7.49. The molecule has 0 bridgehead atoms. The number of aromatic nitrogens is 2. The lowest BCUT2D eigenvalue weighted by molar-refractivity contribution is 0.296. The molecule has 0 atom stereocenters. The largest absolute Gasteiger partial charge is 0.493 e. The van der Waals surface area contributed by atoms with Gasteiger partial charge in [0.15, 0.2) is 11.5 Å². The molecule has 0 aliphatic heterocycles. The maximum Gasteiger partial charge on any atom is 0.163 e. The highest BCUT2D eigenvalue weighted by Crippen LogP contribution is 2.31. The normalized spacial score (nSPS) is 10.6. The van der Waals surface area contributed by atoms with Gasteiger partial charge in [0.2, 0.25) is 0 Å². The third kappa shape index (κ3) is 3.73. The zero-order valence-corrected chi connectivity index (χ0v) is 12.1. The Hall–Kier alpha value is -1.49. The van der Waals surface area contributed by atoms with Gasteiger partial charge in [-0.05, 0) is 24.0 Å². The van der Waals surface area contributed by atoms with Gasteiger partial charge in [-0.15, -0.1) is 0 Å². The van der Waals surface area contributed by atoms with Crippen LogP contribution in [0.1, 0.15) is 13.3 Å². The summed E-state index contributed by atoms with van der Waals surface area (Å²) >= 11 is 1.92. The third-order valence-electron chi connectivity index (χ3n) is 2.68. The second kappa shape index (κ2) is 7.19. The molecule has 0 saturated carbocycles. The summed E-state index contributed by atoms with van der Waals surface area (Å²) in [6, 6.07) is 3.81. The first kappa shape index (κ1) is 13.9. The van der Waals surface area contributed by atoms with Crippen molar-refractivity contribution in [3.8, 4) is 11.5 Å². The van der Waals surface area contributed by atoms with Gasteiger partial charge in [0, 0.05) is 17.6 Å². The summed E-state index contributed by atoms with van der Waals surface area (Å²) in [6.45, 7) is 2.86. The minimum absolute atomic E-state index is 0.694. The van der Waals surface area contributed by atoms with E-state index in [4.69, 9.17) is 9.47 Å². The Kier molecular flexibility index (Phi) is 5.27. The monoisotopic (exact) mass is 278 g/mol. The predicted molar refractivity (Wildman–Crippen MR) is 79.2 cm³/mol. The number of rotatable bonds is 7. The van der Waals surface area contributed by atoms with Crippen molar-refractivity contribution in [3.63, 3.8) is 0 Å². The van der Waals surface area contributed by atoms with Crippen molar-refractivity contribution in [2.75, 3.05) is 25.2 Å². The Morgan fingerprint density at radius 3 is 2.95 bits per heavy atom. The lowest BCUT2D eigenvalue weighted by Crippen LogP contribution is -2.01. The summed E-state index contributed by atoms with van der Waals surface area (Å²) in [5.74, 6) is 3.74. The summed E-state index contributed by atoms with van der Waals surface area (Å²) in [4.78, 5) is 8.23. The number of methoxy groups -OCH3 is 1. The van der Waals surface area contributed by atoms with Crippen molar-refractivity contribution in [1.82, 2.24) is 9.97 Å². The van der Waals surface area contributed by atoms with Crippen LogP contribution in [-0.2, 0) is 0 Å². The first-order valence-electron chi connectivity index (χ1n) is 6.33. The maximum absolute atomic E-state index is 5.78. The molecule has 0 fully saturated rings. The molecule has 0 saturated heterocycles. The van der Waals surface area contributed by atoms with E-state index in [1.807, 2.05) is 23.9 Å². The quantitative estimate of drug-likeness (QED) is 0.728. The number of thioether (sulfide) groups is 1. The fourth-order valence-electron chi connectivity index (χ4n) is 1.75. The molecular formula is C14H18N2O2S. The minimum atomic E-state index is 0.694. The molecule has 2 aromatic rings. The van der Waals surface area contributed by atoms with Gasteiger partial charge in [-0.1, -0.05) is 6.92 Å².